The minimum Gasteiger partial charge on any atom is -0.375 e. The number of aromatic nitrogens is 1. The molecule has 24 heavy (non-hydrogen) atoms. The molecule has 1 aliphatic rings. The Morgan fingerprint density at radius 3 is 2.75 bits per heavy atom. The monoisotopic (exact) mass is 359 g/mol. The summed E-state index contributed by atoms with van der Waals surface area (Å²) in [6, 6.07) is 3.37. The zero-order chi connectivity index (χ0) is 17.5. The van der Waals surface area contributed by atoms with Crippen molar-refractivity contribution >= 4 is 16.5 Å². The van der Waals surface area contributed by atoms with Gasteiger partial charge in [-0.05, 0) is 44.5 Å². The summed E-state index contributed by atoms with van der Waals surface area (Å²) in [6.07, 6.45) is -2.55. The van der Waals surface area contributed by atoms with E-state index in [2.05, 4.69) is 16.8 Å². The van der Waals surface area contributed by atoms with Gasteiger partial charge in [-0.3, -0.25) is 4.90 Å². The molecule has 1 fully saturated rings. The number of thiazole rings is 1. The summed E-state index contributed by atoms with van der Waals surface area (Å²) in [4.78, 5) is 7.24. The summed E-state index contributed by atoms with van der Waals surface area (Å²) in [5.74, 6) is -1.29. The summed E-state index contributed by atoms with van der Waals surface area (Å²) in [5.41, 5.74) is 5.13. The van der Waals surface area contributed by atoms with Crippen LogP contribution >= 0.6 is 11.3 Å². The topological polar surface area (TPSA) is 42.1 Å². The molecule has 3 nitrogen and oxygen atoms in total. The number of rotatable bonds is 3. The van der Waals surface area contributed by atoms with Crippen molar-refractivity contribution in [2.75, 3.05) is 12.3 Å². The predicted octanol–water partition coefficient (Wildman–Crippen LogP) is 4.53. The number of alkyl halides is 3. The largest absolute Gasteiger partial charge is 0.419 e. The van der Waals surface area contributed by atoms with E-state index in [1.54, 1.807) is 0 Å². The highest BCUT2D eigenvalue weighted by Crippen LogP contribution is 2.37. The van der Waals surface area contributed by atoms with Crippen LogP contribution < -0.4 is 5.73 Å². The third-order valence-corrected chi connectivity index (χ3v) is 5.17. The van der Waals surface area contributed by atoms with Crippen LogP contribution in [0.5, 0.6) is 0 Å². The highest BCUT2D eigenvalue weighted by atomic mass is 32.1. The van der Waals surface area contributed by atoms with Crippen molar-refractivity contribution < 1.29 is 17.6 Å². The van der Waals surface area contributed by atoms with Crippen LogP contribution in [0.25, 0.3) is 11.3 Å². The molecule has 1 aromatic heterocycles. The Morgan fingerprint density at radius 2 is 2.12 bits per heavy atom. The molecular formula is C16H17F4N3S. The van der Waals surface area contributed by atoms with Gasteiger partial charge in [-0.1, -0.05) is 0 Å². The zero-order valence-electron chi connectivity index (χ0n) is 13.0. The lowest BCUT2D eigenvalue weighted by atomic mass is 10.1. The fraction of sp³-hybridized carbons (Fsp3) is 0.438. The highest BCUT2D eigenvalue weighted by Gasteiger charge is 2.34. The molecule has 0 bridgehead atoms. The van der Waals surface area contributed by atoms with Gasteiger partial charge in [0, 0.05) is 23.0 Å². The molecule has 8 heteroatoms. The van der Waals surface area contributed by atoms with Crippen molar-refractivity contribution in [3.05, 3.63) is 34.5 Å². The van der Waals surface area contributed by atoms with Gasteiger partial charge in [0.1, 0.15) is 5.82 Å². The third kappa shape index (κ3) is 3.39. The molecule has 0 amide bonds. The van der Waals surface area contributed by atoms with Gasteiger partial charge < -0.3 is 5.73 Å². The van der Waals surface area contributed by atoms with Crippen LogP contribution in [0.4, 0.5) is 22.7 Å². The Balaban J connectivity index is 1.98. The first-order valence-corrected chi connectivity index (χ1v) is 8.43. The summed E-state index contributed by atoms with van der Waals surface area (Å²) in [6.45, 7) is 3.65. The van der Waals surface area contributed by atoms with Gasteiger partial charge in [0.2, 0.25) is 0 Å². The van der Waals surface area contributed by atoms with Gasteiger partial charge in [-0.15, -0.1) is 11.3 Å². The van der Waals surface area contributed by atoms with E-state index in [0.717, 1.165) is 36.4 Å². The van der Waals surface area contributed by atoms with Gasteiger partial charge in [-0.2, -0.15) is 13.2 Å². The number of nitrogens with two attached hydrogens (primary N) is 1. The van der Waals surface area contributed by atoms with Crippen molar-refractivity contribution in [3.8, 4) is 11.3 Å². The minimum absolute atomic E-state index is 0.235. The lowest BCUT2D eigenvalue weighted by Crippen LogP contribution is -2.25. The van der Waals surface area contributed by atoms with Crippen LogP contribution in [0.1, 0.15) is 30.2 Å². The van der Waals surface area contributed by atoms with Crippen molar-refractivity contribution in [2.45, 2.75) is 38.5 Å². The minimum atomic E-state index is -4.74. The van der Waals surface area contributed by atoms with Gasteiger partial charge in [-0.25, -0.2) is 9.37 Å². The van der Waals surface area contributed by atoms with Crippen LogP contribution in [0, 0.1) is 5.82 Å². The molecule has 0 unspecified atom stereocenters. The Labute approximate surface area is 141 Å². The summed E-state index contributed by atoms with van der Waals surface area (Å²) >= 11 is 1.27. The van der Waals surface area contributed by atoms with E-state index in [1.807, 2.05) is 0 Å². The molecule has 1 atom stereocenters. The molecule has 2 N–H and O–H groups in total. The molecule has 1 saturated heterocycles. The van der Waals surface area contributed by atoms with E-state index < -0.39 is 17.6 Å². The number of anilines is 1. The summed E-state index contributed by atoms with van der Waals surface area (Å²) < 4.78 is 52.3. The van der Waals surface area contributed by atoms with E-state index in [9.17, 15) is 17.6 Å². The SMILES string of the molecule is C[C@@H]1CCCN1Cc1sc(N)nc1-c1ccc(F)c(C(F)(F)F)c1. The Hall–Kier alpha value is -1.67. The van der Waals surface area contributed by atoms with Crippen LogP contribution in [-0.2, 0) is 12.7 Å². The average molecular weight is 359 g/mol. The first kappa shape index (κ1) is 17.2. The van der Waals surface area contributed by atoms with E-state index in [4.69, 9.17) is 5.73 Å². The van der Waals surface area contributed by atoms with Crippen LogP contribution in [-0.4, -0.2) is 22.5 Å². The second-order valence-corrected chi connectivity index (χ2v) is 7.09. The van der Waals surface area contributed by atoms with Crippen LogP contribution in [0.15, 0.2) is 18.2 Å². The van der Waals surface area contributed by atoms with E-state index in [0.29, 0.717) is 23.4 Å². The Kier molecular flexibility index (Phi) is 4.52. The molecule has 1 aromatic carbocycles. The van der Waals surface area contributed by atoms with Gasteiger partial charge >= 0.3 is 6.18 Å². The number of likely N-dealkylation sites (tertiary alicyclic amines) is 1. The summed E-state index contributed by atoms with van der Waals surface area (Å²) in [5, 5.41) is 0.296. The number of nitrogen functional groups attached to an aromatic ring is 1. The third-order valence-electron chi connectivity index (χ3n) is 4.30. The predicted molar refractivity (Wildman–Crippen MR) is 86.0 cm³/mol. The zero-order valence-corrected chi connectivity index (χ0v) is 13.8. The molecule has 0 aliphatic carbocycles. The quantitative estimate of drug-likeness (QED) is 0.819. The molecule has 0 radical (unpaired) electrons. The lowest BCUT2D eigenvalue weighted by Gasteiger charge is -2.20. The lowest BCUT2D eigenvalue weighted by molar-refractivity contribution is -0.139. The van der Waals surface area contributed by atoms with Crippen molar-refractivity contribution in [1.82, 2.24) is 9.88 Å². The van der Waals surface area contributed by atoms with Crippen LogP contribution in [0.2, 0.25) is 0 Å². The van der Waals surface area contributed by atoms with E-state index in [1.165, 1.54) is 17.4 Å². The van der Waals surface area contributed by atoms with Gasteiger partial charge in [0.25, 0.3) is 0 Å². The van der Waals surface area contributed by atoms with E-state index in [-0.39, 0.29) is 5.56 Å². The number of benzene rings is 1. The normalized spacial score (nSPS) is 19.1. The number of nitrogens with zero attached hydrogens (tertiary/aromatic N) is 2. The fourth-order valence-corrected chi connectivity index (χ4v) is 3.88. The smallest absolute Gasteiger partial charge is 0.375 e. The maximum atomic E-state index is 13.5. The highest BCUT2D eigenvalue weighted by molar-refractivity contribution is 7.15. The first-order chi connectivity index (χ1) is 11.3. The maximum absolute atomic E-state index is 13.5. The molecule has 3 rings (SSSR count). The Morgan fingerprint density at radius 1 is 1.38 bits per heavy atom. The number of hydrogen-bond acceptors (Lipinski definition) is 4. The van der Waals surface area contributed by atoms with E-state index >= 15 is 0 Å². The number of halogens is 4. The Bertz CT molecular complexity index is 741. The standard InChI is InChI=1S/C16H17F4N3S/c1-9-3-2-6-23(9)8-13-14(22-15(21)24-13)10-4-5-12(17)11(7-10)16(18,19)20/h4-5,7,9H,2-3,6,8H2,1H3,(H2,21,22)/t9-/m1/s1. The molecule has 0 saturated carbocycles. The average Bonchev–Trinajstić information content (AvgIpc) is 3.05. The molecule has 0 spiro atoms. The second kappa shape index (κ2) is 6.33. The van der Waals surface area contributed by atoms with Crippen molar-refractivity contribution in [1.29, 1.82) is 0 Å². The van der Waals surface area contributed by atoms with Crippen molar-refractivity contribution in [2.24, 2.45) is 0 Å². The molecule has 130 valence electrons. The second-order valence-electron chi connectivity index (χ2n) is 5.98. The molecule has 2 aromatic rings. The van der Waals surface area contributed by atoms with Gasteiger partial charge in [0.05, 0.1) is 11.3 Å². The summed E-state index contributed by atoms with van der Waals surface area (Å²) in [7, 11) is 0. The molecule has 2 heterocycles. The number of hydrogen-bond donors (Lipinski definition) is 1. The fourth-order valence-electron chi connectivity index (χ4n) is 3.00. The molecular weight excluding hydrogens is 342 g/mol. The maximum Gasteiger partial charge on any atom is 0.419 e. The van der Waals surface area contributed by atoms with Crippen molar-refractivity contribution in [3.63, 3.8) is 0 Å². The van der Waals surface area contributed by atoms with Gasteiger partial charge in [0.15, 0.2) is 5.13 Å². The van der Waals surface area contributed by atoms with Crippen LogP contribution in [0.3, 0.4) is 0 Å². The first-order valence-electron chi connectivity index (χ1n) is 7.62. The molecule has 1 aliphatic heterocycles.